The molecule has 0 unspecified atom stereocenters. The third-order valence-corrected chi connectivity index (χ3v) is 4.99. The minimum Gasteiger partial charge on any atom is -0.354 e. The van der Waals surface area contributed by atoms with Gasteiger partial charge in [-0.25, -0.2) is 4.79 Å². The zero-order valence-corrected chi connectivity index (χ0v) is 15.2. The zero-order valence-electron chi connectivity index (χ0n) is 15.2. The molecule has 0 radical (unpaired) electrons. The normalized spacial score (nSPS) is 14.7. The van der Waals surface area contributed by atoms with Gasteiger partial charge in [0.15, 0.2) is 0 Å². The maximum atomic E-state index is 12.2. The van der Waals surface area contributed by atoms with E-state index in [9.17, 15) is 4.79 Å². The SMILES string of the molecule is O=C(Nc1ccc(Nc2cccc3cccnc23)cc1)NC1CCCCC1. The number of nitrogens with zero attached hydrogens (tertiary/aromatic N) is 1. The van der Waals surface area contributed by atoms with Crippen molar-refractivity contribution in [2.24, 2.45) is 0 Å². The molecule has 1 saturated carbocycles. The minimum atomic E-state index is -0.124. The zero-order chi connectivity index (χ0) is 18.5. The molecule has 1 aliphatic rings. The van der Waals surface area contributed by atoms with Crippen LogP contribution in [0, 0.1) is 0 Å². The van der Waals surface area contributed by atoms with Gasteiger partial charge >= 0.3 is 6.03 Å². The van der Waals surface area contributed by atoms with E-state index in [-0.39, 0.29) is 6.03 Å². The van der Waals surface area contributed by atoms with Crippen LogP contribution in [0.15, 0.2) is 60.8 Å². The van der Waals surface area contributed by atoms with Gasteiger partial charge in [0.1, 0.15) is 0 Å². The fourth-order valence-electron chi connectivity index (χ4n) is 3.60. The molecule has 3 aromatic rings. The van der Waals surface area contributed by atoms with Gasteiger partial charge in [0.05, 0.1) is 11.2 Å². The smallest absolute Gasteiger partial charge is 0.319 e. The van der Waals surface area contributed by atoms with Crippen molar-refractivity contribution in [1.29, 1.82) is 0 Å². The number of hydrogen-bond acceptors (Lipinski definition) is 3. The summed E-state index contributed by atoms with van der Waals surface area (Å²) in [5.74, 6) is 0. The molecule has 4 rings (SSSR count). The van der Waals surface area contributed by atoms with Gasteiger partial charge in [-0.15, -0.1) is 0 Å². The van der Waals surface area contributed by atoms with Crippen LogP contribution in [0.5, 0.6) is 0 Å². The molecule has 1 aromatic heterocycles. The van der Waals surface area contributed by atoms with Crippen LogP contribution >= 0.6 is 0 Å². The molecule has 2 amide bonds. The fourth-order valence-corrected chi connectivity index (χ4v) is 3.60. The van der Waals surface area contributed by atoms with Gasteiger partial charge < -0.3 is 16.0 Å². The average Bonchev–Trinajstić information content (AvgIpc) is 2.70. The lowest BCUT2D eigenvalue weighted by Gasteiger charge is -2.22. The Labute approximate surface area is 159 Å². The molecule has 1 fully saturated rings. The summed E-state index contributed by atoms with van der Waals surface area (Å²) in [6.45, 7) is 0. The number of anilines is 3. The summed E-state index contributed by atoms with van der Waals surface area (Å²) in [6, 6.07) is 18.0. The highest BCUT2D eigenvalue weighted by Crippen LogP contribution is 2.25. The Morgan fingerprint density at radius 1 is 0.889 bits per heavy atom. The number of amides is 2. The average molecular weight is 360 g/mol. The Bertz CT molecular complexity index is 912. The largest absolute Gasteiger partial charge is 0.354 e. The molecule has 5 nitrogen and oxygen atoms in total. The van der Waals surface area contributed by atoms with E-state index in [0.717, 1.165) is 40.8 Å². The van der Waals surface area contributed by atoms with Gasteiger partial charge in [0.25, 0.3) is 0 Å². The quantitative estimate of drug-likeness (QED) is 0.581. The van der Waals surface area contributed by atoms with Gasteiger partial charge in [-0.05, 0) is 49.2 Å². The molecule has 2 aromatic carbocycles. The van der Waals surface area contributed by atoms with Crippen molar-refractivity contribution in [2.45, 2.75) is 38.1 Å². The van der Waals surface area contributed by atoms with Crippen LogP contribution in [0.2, 0.25) is 0 Å². The second-order valence-corrected chi connectivity index (χ2v) is 7.02. The van der Waals surface area contributed by atoms with Crippen LogP contribution in [0.25, 0.3) is 10.9 Å². The summed E-state index contributed by atoms with van der Waals surface area (Å²) in [7, 11) is 0. The van der Waals surface area contributed by atoms with Gasteiger partial charge in [0, 0.05) is 29.0 Å². The highest BCUT2D eigenvalue weighted by atomic mass is 16.2. The summed E-state index contributed by atoms with van der Waals surface area (Å²) >= 11 is 0. The van der Waals surface area contributed by atoms with E-state index >= 15 is 0 Å². The summed E-state index contributed by atoms with van der Waals surface area (Å²) in [5, 5.41) is 10.5. The Balaban J connectivity index is 1.39. The first kappa shape index (κ1) is 17.3. The van der Waals surface area contributed by atoms with E-state index in [1.165, 1.54) is 19.3 Å². The second kappa shape index (κ2) is 8.08. The number of fused-ring (bicyclic) bond motifs is 1. The summed E-state index contributed by atoms with van der Waals surface area (Å²) in [5.41, 5.74) is 3.63. The monoisotopic (exact) mass is 360 g/mol. The highest BCUT2D eigenvalue weighted by molar-refractivity contribution is 5.92. The number of aromatic nitrogens is 1. The van der Waals surface area contributed by atoms with Crippen LogP contribution < -0.4 is 16.0 Å². The van der Waals surface area contributed by atoms with Crippen molar-refractivity contribution in [3.63, 3.8) is 0 Å². The van der Waals surface area contributed by atoms with Crippen molar-refractivity contribution in [3.05, 3.63) is 60.8 Å². The molecule has 27 heavy (non-hydrogen) atoms. The number of carbonyl (C=O) groups is 1. The Morgan fingerprint density at radius 2 is 1.63 bits per heavy atom. The molecule has 0 aliphatic heterocycles. The number of hydrogen-bond donors (Lipinski definition) is 3. The van der Waals surface area contributed by atoms with Crippen molar-refractivity contribution in [3.8, 4) is 0 Å². The maximum absolute atomic E-state index is 12.2. The van der Waals surface area contributed by atoms with Crippen molar-refractivity contribution in [1.82, 2.24) is 10.3 Å². The molecule has 0 saturated heterocycles. The van der Waals surface area contributed by atoms with E-state index in [1.54, 1.807) is 6.20 Å². The van der Waals surface area contributed by atoms with Crippen molar-refractivity contribution < 1.29 is 4.79 Å². The van der Waals surface area contributed by atoms with Crippen LogP contribution in [0.3, 0.4) is 0 Å². The molecular weight excluding hydrogens is 336 g/mol. The first-order valence-corrected chi connectivity index (χ1v) is 9.56. The third kappa shape index (κ3) is 4.37. The molecule has 0 bridgehead atoms. The number of benzene rings is 2. The van der Waals surface area contributed by atoms with E-state index < -0.39 is 0 Å². The summed E-state index contributed by atoms with van der Waals surface area (Å²) in [4.78, 5) is 16.6. The third-order valence-electron chi connectivity index (χ3n) is 4.99. The molecule has 138 valence electrons. The van der Waals surface area contributed by atoms with E-state index in [4.69, 9.17) is 0 Å². The van der Waals surface area contributed by atoms with Gasteiger partial charge in [-0.1, -0.05) is 37.5 Å². The van der Waals surface area contributed by atoms with Crippen molar-refractivity contribution in [2.75, 3.05) is 10.6 Å². The topological polar surface area (TPSA) is 66.0 Å². The van der Waals surface area contributed by atoms with Crippen LogP contribution in [0.4, 0.5) is 21.9 Å². The fraction of sp³-hybridized carbons (Fsp3) is 0.273. The van der Waals surface area contributed by atoms with Gasteiger partial charge in [-0.3, -0.25) is 4.98 Å². The first-order chi connectivity index (χ1) is 13.3. The Kier molecular flexibility index (Phi) is 5.19. The number of nitrogens with one attached hydrogen (secondary N) is 3. The highest BCUT2D eigenvalue weighted by Gasteiger charge is 2.15. The summed E-state index contributed by atoms with van der Waals surface area (Å²) in [6.07, 6.45) is 7.64. The standard InChI is InChI=1S/C22H24N4O/c27-22(25-17-8-2-1-3-9-17)26-19-13-11-18(12-14-19)24-20-10-4-6-16-7-5-15-23-21(16)20/h4-7,10-15,17,24H,1-3,8-9H2,(H2,25,26,27). The molecule has 5 heteroatoms. The lowest BCUT2D eigenvalue weighted by Crippen LogP contribution is -2.38. The van der Waals surface area contributed by atoms with Gasteiger partial charge in [-0.2, -0.15) is 0 Å². The number of para-hydroxylation sites is 1. The lowest BCUT2D eigenvalue weighted by atomic mass is 9.96. The van der Waals surface area contributed by atoms with Crippen molar-refractivity contribution >= 4 is 34.0 Å². The molecule has 1 aliphatic carbocycles. The van der Waals surface area contributed by atoms with E-state index in [2.05, 4.69) is 20.9 Å². The number of urea groups is 1. The molecule has 0 spiro atoms. The van der Waals surface area contributed by atoms with E-state index in [1.807, 2.05) is 54.6 Å². The van der Waals surface area contributed by atoms with Crippen LogP contribution in [-0.4, -0.2) is 17.1 Å². The summed E-state index contributed by atoms with van der Waals surface area (Å²) < 4.78 is 0. The van der Waals surface area contributed by atoms with Crippen LogP contribution in [-0.2, 0) is 0 Å². The lowest BCUT2D eigenvalue weighted by molar-refractivity contribution is 0.244. The Hall–Kier alpha value is -3.08. The van der Waals surface area contributed by atoms with Gasteiger partial charge in [0.2, 0.25) is 0 Å². The molecule has 3 N–H and O–H groups in total. The number of carbonyl (C=O) groups excluding carboxylic acids is 1. The van der Waals surface area contributed by atoms with E-state index in [0.29, 0.717) is 6.04 Å². The molecule has 0 atom stereocenters. The number of pyridine rings is 1. The molecule has 1 heterocycles. The predicted molar refractivity (Wildman–Crippen MR) is 110 cm³/mol. The minimum absolute atomic E-state index is 0.124. The Morgan fingerprint density at radius 3 is 2.44 bits per heavy atom. The van der Waals surface area contributed by atoms with Crippen LogP contribution in [0.1, 0.15) is 32.1 Å². The predicted octanol–water partition coefficient (Wildman–Crippen LogP) is 5.43. The number of rotatable bonds is 4. The second-order valence-electron chi connectivity index (χ2n) is 7.02. The maximum Gasteiger partial charge on any atom is 0.319 e. The molecular formula is C22H24N4O. The first-order valence-electron chi connectivity index (χ1n) is 9.56.